The molecule has 0 spiro atoms. The molecule has 3 heterocycles. The Balaban J connectivity index is 1.30. The van der Waals surface area contributed by atoms with Gasteiger partial charge in [-0.15, -0.1) is 5.10 Å². The fraction of sp³-hybridized carbons (Fsp3) is 0.217. The van der Waals surface area contributed by atoms with E-state index in [0.29, 0.717) is 37.6 Å². The maximum atomic E-state index is 14.0. The molecule has 1 fully saturated rings. The van der Waals surface area contributed by atoms with Crippen LogP contribution in [0.3, 0.4) is 0 Å². The summed E-state index contributed by atoms with van der Waals surface area (Å²) in [7, 11) is 0. The van der Waals surface area contributed by atoms with Crippen molar-refractivity contribution in [2.45, 2.75) is 6.54 Å². The van der Waals surface area contributed by atoms with Crippen LogP contribution in [0.25, 0.3) is 5.65 Å². The number of aromatic nitrogens is 4. The molecule has 0 atom stereocenters. The SMILES string of the molecule is O=C(Cn1nc2c(Oc3ccccc3)nccn2c1=O)N1CCN(c2ccccc2F)CC1. The third-order valence-electron chi connectivity index (χ3n) is 5.54. The quantitative estimate of drug-likeness (QED) is 0.465. The van der Waals surface area contributed by atoms with Gasteiger partial charge in [0.15, 0.2) is 0 Å². The van der Waals surface area contributed by atoms with Crippen molar-refractivity contribution in [2.24, 2.45) is 0 Å². The van der Waals surface area contributed by atoms with Gasteiger partial charge in [0.25, 0.3) is 5.88 Å². The molecule has 1 aliphatic rings. The number of rotatable bonds is 5. The lowest BCUT2D eigenvalue weighted by Crippen LogP contribution is -2.50. The van der Waals surface area contributed by atoms with Gasteiger partial charge >= 0.3 is 5.69 Å². The van der Waals surface area contributed by atoms with Crippen molar-refractivity contribution in [3.05, 3.63) is 83.3 Å². The number of halogens is 1. The highest BCUT2D eigenvalue weighted by Gasteiger charge is 2.24. The number of carbonyl (C=O) groups is 1. The van der Waals surface area contributed by atoms with E-state index in [1.807, 2.05) is 23.1 Å². The van der Waals surface area contributed by atoms with E-state index in [1.165, 1.54) is 22.9 Å². The van der Waals surface area contributed by atoms with E-state index < -0.39 is 5.69 Å². The van der Waals surface area contributed by atoms with Crippen LogP contribution in [0.5, 0.6) is 11.6 Å². The monoisotopic (exact) mass is 448 g/mol. The normalized spacial score (nSPS) is 14.0. The molecule has 2 aromatic carbocycles. The Morgan fingerprint density at radius 2 is 1.73 bits per heavy atom. The molecule has 4 aromatic rings. The number of piperazine rings is 1. The van der Waals surface area contributed by atoms with Gasteiger partial charge in [-0.25, -0.2) is 23.3 Å². The minimum Gasteiger partial charge on any atom is -0.436 e. The fourth-order valence-electron chi connectivity index (χ4n) is 3.83. The number of hydrogen-bond donors (Lipinski definition) is 0. The Morgan fingerprint density at radius 3 is 2.48 bits per heavy atom. The molecule has 10 heteroatoms. The van der Waals surface area contributed by atoms with Gasteiger partial charge in [0.1, 0.15) is 18.1 Å². The molecular formula is C23H21FN6O3. The lowest BCUT2D eigenvalue weighted by molar-refractivity contribution is -0.132. The smallest absolute Gasteiger partial charge is 0.351 e. The lowest BCUT2D eigenvalue weighted by Gasteiger charge is -2.36. The minimum atomic E-state index is -0.455. The Morgan fingerprint density at radius 1 is 1.00 bits per heavy atom. The predicted molar refractivity (Wildman–Crippen MR) is 119 cm³/mol. The zero-order chi connectivity index (χ0) is 22.8. The molecule has 2 aromatic heterocycles. The molecule has 1 amide bonds. The third-order valence-corrected chi connectivity index (χ3v) is 5.54. The summed E-state index contributed by atoms with van der Waals surface area (Å²) in [6.45, 7) is 1.67. The molecule has 0 saturated carbocycles. The number of anilines is 1. The van der Waals surface area contributed by atoms with E-state index >= 15 is 0 Å². The summed E-state index contributed by atoms with van der Waals surface area (Å²) in [6, 6.07) is 15.6. The van der Waals surface area contributed by atoms with Crippen molar-refractivity contribution in [3.8, 4) is 11.6 Å². The van der Waals surface area contributed by atoms with E-state index in [4.69, 9.17) is 4.74 Å². The minimum absolute atomic E-state index is 0.172. The molecular weight excluding hydrogens is 427 g/mol. The van der Waals surface area contributed by atoms with E-state index in [2.05, 4.69) is 10.1 Å². The summed E-state index contributed by atoms with van der Waals surface area (Å²) < 4.78 is 22.2. The summed E-state index contributed by atoms with van der Waals surface area (Å²) in [5.41, 5.74) is 0.298. The third kappa shape index (κ3) is 4.14. The molecule has 168 valence electrons. The number of nitrogens with zero attached hydrogens (tertiary/aromatic N) is 6. The summed E-state index contributed by atoms with van der Waals surface area (Å²) in [4.78, 5) is 33.4. The average molecular weight is 448 g/mol. The lowest BCUT2D eigenvalue weighted by atomic mass is 10.2. The van der Waals surface area contributed by atoms with Crippen LogP contribution in [0.2, 0.25) is 0 Å². The summed E-state index contributed by atoms with van der Waals surface area (Å²) >= 11 is 0. The van der Waals surface area contributed by atoms with Crippen LogP contribution in [0.15, 0.2) is 71.8 Å². The van der Waals surface area contributed by atoms with Gasteiger partial charge in [-0.05, 0) is 24.3 Å². The molecule has 1 saturated heterocycles. The van der Waals surface area contributed by atoms with Gasteiger partial charge < -0.3 is 14.5 Å². The fourth-order valence-corrected chi connectivity index (χ4v) is 3.83. The molecule has 0 radical (unpaired) electrons. The largest absolute Gasteiger partial charge is 0.436 e. The second-order valence-electron chi connectivity index (χ2n) is 7.60. The van der Waals surface area contributed by atoms with Crippen molar-refractivity contribution in [1.29, 1.82) is 0 Å². The molecule has 0 bridgehead atoms. The van der Waals surface area contributed by atoms with E-state index in [-0.39, 0.29) is 29.8 Å². The number of ether oxygens (including phenoxy) is 1. The first kappa shape index (κ1) is 20.7. The Bertz CT molecular complexity index is 1350. The van der Waals surface area contributed by atoms with Crippen LogP contribution < -0.4 is 15.3 Å². The maximum absolute atomic E-state index is 14.0. The number of benzene rings is 2. The number of amides is 1. The highest BCUT2D eigenvalue weighted by molar-refractivity contribution is 5.76. The summed E-state index contributed by atoms with van der Waals surface area (Å²) in [5, 5.41) is 4.29. The molecule has 0 unspecified atom stereocenters. The highest BCUT2D eigenvalue weighted by atomic mass is 19.1. The molecule has 9 nitrogen and oxygen atoms in total. The zero-order valence-corrected chi connectivity index (χ0v) is 17.7. The topological polar surface area (TPSA) is 85.0 Å². The molecule has 0 aliphatic carbocycles. The average Bonchev–Trinajstić information content (AvgIpc) is 3.16. The van der Waals surface area contributed by atoms with Crippen LogP contribution >= 0.6 is 0 Å². The Hall–Kier alpha value is -4.21. The number of fused-ring (bicyclic) bond motifs is 1. The highest BCUT2D eigenvalue weighted by Crippen LogP contribution is 2.22. The number of carbonyl (C=O) groups excluding carboxylic acids is 1. The molecule has 1 aliphatic heterocycles. The molecule has 5 rings (SSSR count). The molecule has 33 heavy (non-hydrogen) atoms. The van der Waals surface area contributed by atoms with E-state index in [0.717, 1.165) is 4.68 Å². The van der Waals surface area contributed by atoms with Crippen LogP contribution in [0.1, 0.15) is 0 Å². The molecule has 0 N–H and O–H groups in total. The first-order chi connectivity index (χ1) is 16.1. The summed E-state index contributed by atoms with van der Waals surface area (Å²) in [5.74, 6) is 0.220. The second-order valence-corrected chi connectivity index (χ2v) is 7.60. The number of para-hydroxylation sites is 2. The number of hydrogen-bond acceptors (Lipinski definition) is 6. The van der Waals surface area contributed by atoms with Gasteiger partial charge in [-0.1, -0.05) is 30.3 Å². The van der Waals surface area contributed by atoms with Crippen molar-refractivity contribution >= 4 is 17.2 Å². The predicted octanol–water partition coefficient (Wildman–Crippen LogP) is 2.17. The Kier molecular flexibility index (Phi) is 5.47. The van der Waals surface area contributed by atoms with Gasteiger partial charge in [0.2, 0.25) is 11.6 Å². The maximum Gasteiger partial charge on any atom is 0.351 e. The standard InChI is InChI=1S/C23H21FN6O3/c24-18-8-4-5-9-19(18)27-12-14-28(15-13-27)20(31)16-30-23(32)29-11-10-25-22(21(29)26-30)33-17-6-2-1-3-7-17/h1-11H,12-16H2. The van der Waals surface area contributed by atoms with Gasteiger partial charge in [0, 0.05) is 38.6 Å². The van der Waals surface area contributed by atoms with Crippen LogP contribution in [-0.4, -0.2) is 56.2 Å². The van der Waals surface area contributed by atoms with Gasteiger partial charge in [-0.2, -0.15) is 0 Å². The van der Waals surface area contributed by atoms with E-state index in [1.54, 1.807) is 35.2 Å². The van der Waals surface area contributed by atoms with Crippen LogP contribution in [0, 0.1) is 5.82 Å². The van der Waals surface area contributed by atoms with E-state index in [9.17, 15) is 14.0 Å². The van der Waals surface area contributed by atoms with Crippen molar-refractivity contribution in [2.75, 3.05) is 31.1 Å². The van der Waals surface area contributed by atoms with Crippen LogP contribution in [-0.2, 0) is 11.3 Å². The van der Waals surface area contributed by atoms with Crippen molar-refractivity contribution < 1.29 is 13.9 Å². The van der Waals surface area contributed by atoms with Gasteiger partial charge in [-0.3, -0.25) is 4.79 Å². The van der Waals surface area contributed by atoms with Crippen molar-refractivity contribution in [1.82, 2.24) is 24.1 Å². The first-order valence-electron chi connectivity index (χ1n) is 10.5. The zero-order valence-electron chi connectivity index (χ0n) is 17.7. The second kappa shape index (κ2) is 8.73. The first-order valence-corrected chi connectivity index (χ1v) is 10.5. The van der Waals surface area contributed by atoms with Gasteiger partial charge in [0.05, 0.1) is 5.69 Å². The summed E-state index contributed by atoms with van der Waals surface area (Å²) in [6.07, 6.45) is 2.93. The Labute approximate surface area is 188 Å². The van der Waals surface area contributed by atoms with Crippen molar-refractivity contribution in [3.63, 3.8) is 0 Å². The van der Waals surface area contributed by atoms with Crippen LogP contribution in [0.4, 0.5) is 10.1 Å².